The van der Waals surface area contributed by atoms with Crippen LogP contribution in [0.15, 0.2) is 71.8 Å². The van der Waals surface area contributed by atoms with Crippen molar-refractivity contribution in [2.45, 2.75) is 6.61 Å². The molecule has 0 heterocycles. The second kappa shape index (κ2) is 12.3. The molecule has 34 heavy (non-hydrogen) atoms. The van der Waals surface area contributed by atoms with E-state index in [2.05, 4.69) is 15.8 Å². The largest absolute Gasteiger partial charge is 0.493 e. The number of rotatable bonds is 10. The van der Waals surface area contributed by atoms with Crippen molar-refractivity contribution in [2.24, 2.45) is 5.10 Å². The van der Waals surface area contributed by atoms with Gasteiger partial charge in [-0.05, 0) is 36.4 Å². The average molecular weight is 482 g/mol. The van der Waals surface area contributed by atoms with Crippen LogP contribution in [-0.2, 0) is 11.4 Å². The van der Waals surface area contributed by atoms with Crippen molar-refractivity contribution in [3.8, 4) is 17.2 Å². The minimum atomic E-state index is -0.487. The number of halogens is 1. The molecule has 0 aliphatic heterocycles. The summed E-state index contributed by atoms with van der Waals surface area (Å²) in [6.45, 7) is 0.0359. The van der Waals surface area contributed by atoms with Gasteiger partial charge in [-0.15, -0.1) is 0 Å². The third-order valence-corrected chi connectivity index (χ3v) is 5.08. The fraction of sp³-hybridized carbons (Fsp3) is 0.160. The summed E-state index contributed by atoms with van der Waals surface area (Å²) >= 11 is 6.17. The van der Waals surface area contributed by atoms with Gasteiger partial charge in [-0.25, -0.2) is 5.43 Å². The molecule has 2 amide bonds. The SMILES string of the molecule is COc1ccc(C(=O)NCC(=O)N/N=C/c2ccccc2OCc2ccccc2Cl)cc1OC. The van der Waals surface area contributed by atoms with Crippen molar-refractivity contribution in [3.05, 3.63) is 88.4 Å². The van der Waals surface area contributed by atoms with Crippen LogP contribution < -0.4 is 25.0 Å². The minimum absolute atomic E-state index is 0.255. The molecule has 0 unspecified atom stereocenters. The first-order chi connectivity index (χ1) is 16.5. The number of para-hydroxylation sites is 1. The number of ether oxygens (including phenoxy) is 3. The molecule has 2 N–H and O–H groups in total. The molecule has 3 rings (SSSR count). The second-order valence-electron chi connectivity index (χ2n) is 6.96. The average Bonchev–Trinajstić information content (AvgIpc) is 2.87. The Balaban J connectivity index is 1.52. The molecule has 8 nitrogen and oxygen atoms in total. The van der Waals surface area contributed by atoms with E-state index in [9.17, 15) is 9.59 Å². The third kappa shape index (κ3) is 6.73. The fourth-order valence-corrected chi connectivity index (χ4v) is 3.13. The molecule has 176 valence electrons. The predicted octanol–water partition coefficient (Wildman–Crippen LogP) is 3.82. The Bertz CT molecular complexity index is 1180. The number of carbonyl (C=O) groups is 2. The quantitative estimate of drug-likeness (QED) is 0.339. The Morgan fingerprint density at radius 2 is 1.68 bits per heavy atom. The Morgan fingerprint density at radius 1 is 0.941 bits per heavy atom. The van der Waals surface area contributed by atoms with Gasteiger partial charge < -0.3 is 19.5 Å². The van der Waals surface area contributed by atoms with Crippen LogP contribution in [0.2, 0.25) is 5.02 Å². The zero-order valence-electron chi connectivity index (χ0n) is 18.7. The van der Waals surface area contributed by atoms with Crippen molar-refractivity contribution in [1.82, 2.24) is 10.7 Å². The normalized spacial score (nSPS) is 10.6. The van der Waals surface area contributed by atoms with Gasteiger partial charge in [0.2, 0.25) is 0 Å². The Hall–Kier alpha value is -4.04. The molecule has 0 aromatic heterocycles. The molecular weight excluding hydrogens is 458 g/mol. The van der Waals surface area contributed by atoms with Crippen LogP contribution in [0.25, 0.3) is 0 Å². The molecule has 0 atom stereocenters. The van der Waals surface area contributed by atoms with Crippen molar-refractivity contribution in [1.29, 1.82) is 0 Å². The molecule has 0 bridgehead atoms. The van der Waals surface area contributed by atoms with Gasteiger partial charge >= 0.3 is 0 Å². The van der Waals surface area contributed by atoms with Gasteiger partial charge in [0.1, 0.15) is 12.4 Å². The number of nitrogens with zero attached hydrogens (tertiary/aromatic N) is 1. The molecule has 0 saturated heterocycles. The van der Waals surface area contributed by atoms with Gasteiger partial charge in [-0.1, -0.05) is 41.9 Å². The number of benzene rings is 3. The number of nitrogens with one attached hydrogen (secondary N) is 2. The molecule has 9 heteroatoms. The lowest BCUT2D eigenvalue weighted by Crippen LogP contribution is -2.34. The maximum absolute atomic E-state index is 12.3. The maximum Gasteiger partial charge on any atom is 0.259 e. The Morgan fingerprint density at radius 3 is 2.44 bits per heavy atom. The number of carbonyl (C=O) groups excluding carboxylic acids is 2. The van der Waals surface area contributed by atoms with Gasteiger partial charge in [0.05, 0.1) is 27.0 Å². The van der Waals surface area contributed by atoms with E-state index in [0.29, 0.717) is 40.0 Å². The van der Waals surface area contributed by atoms with Gasteiger partial charge in [0.15, 0.2) is 11.5 Å². The van der Waals surface area contributed by atoms with E-state index in [0.717, 1.165) is 5.56 Å². The molecule has 0 radical (unpaired) electrons. The van der Waals surface area contributed by atoms with E-state index < -0.39 is 11.8 Å². The van der Waals surface area contributed by atoms with E-state index in [1.165, 1.54) is 26.5 Å². The van der Waals surface area contributed by atoms with Crippen LogP contribution in [-0.4, -0.2) is 38.8 Å². The van der Waals surface area contributed by atoms with Gasteiger partial charge in [0, 0.05) is 21.7 Å². The highest BCUT2D eigenvalue weighted by atomic mass is 35.5. The number of methoxy groups -OCH3 is 2. The van der Waals surface area contributed by atoms with Crippen molar-refractivity contribution >= 4 is 29.6 Å². The lowest BCUT2D eigenvalue weighted by Gasteiger charge is -2.10. The van der Waals surface area contributed by atoms with Crippen LogP contribution >= 0.6 is 11.6 Å². The number of amides is 2. The van der Waals surface area contributed by atoms with Crippen molar-refractivity contribution in [2.75, 3.05) is 20.8 Å². The highest BCUT2D eigenvalue weighted by molar-refractivity contribution is 6.31. The standard InChI is InChI=1S/C25H24ClN3O5/c1-32-22-12-11-17(13-23(22)33-2)25(31)27-15-24(30)29-28-14-18-7-4-6-10-21(18)34-16-19-8-3-5-9-20(19)26/h3-14H,15-16H2,1-2H3,(H,27,31)(H,29,30)/b28-14+. The summed E-state index contributed by atoms with van der Waals surface area (Å²) in [5.74, 6) is 0.585. The van der Waals surface area contributed by atoms with Gasteiger partial charge in [-0.2, -0.15) is 5.10 Å². The van der Waals surface area contributed by atoms with Crippen LogP contribution in [0.4, 0.5) is 0 Å². The van der Waals surface area contributed by atoms with E-state index in [-0.39, 0.29) is 6.54 Å². The fourth-order valence-electron chi connectivity index (χ4n) is 2.94. The number of hydrogen-bond acceptors (Lipinski definition) is 6. The summed E-state index contributed by atoms with van der Waals surface area (Å²) < 4.78 is 16.2. The van der Waals surface area contributed by atoms with E-state index in [1.807, 2.05) is 30.3 Å². The molecule has 0 aliphatic carbocycles. The lowest BCUT2D eigenvalue weighted by molar-refractivity contribution is -0.120. The molecule has 0 fully saturated rings. The smallest absolute Gasteiger partial charge is 0.259 e. The summed E-state index contributed by atoms with van der Waals surface area (Å²) in [5, 5.41) is 7.11. The highest BCUT2D eigenvalue weighted by Gasteiger charge is 2.12. The van der Waals surface area contributed by atoms with Crippen LogP contribution in [0.3, 0.4) is 0 Å². The maximum atomic E-state index is 12.3. The molecular formula is C25H24ClN3O5. The van der Waals surface area contributed by atoms with E-state index in [4.69, 9.17) is 25.8 Å². The van der Waals surface area contributed by atoms with Gasteiger partial charge in [0.25, 0.3) is 11.8 Å². The molecule has 0 aliphatic rings. The summed E-state index contributed by atoms with van der Waals surface area (Å²) in [7, 11) is 2.98. The van der Waals surface area contributed by atoms with E-state index in [1.54, 1.807) is 30.3 Å². The molecule has 3 aromatic carbocycles. The lowest BCUT2D eigenvalue weighted by atomic mass is 10.2. The van der Waals surface area contributed by atoms with Crippen LogP contribution in [0.5, 0.6) is 17.2 Å². The summed E-state index contributed by atoms with van der Waals surface area (Å²) in [4.78, 5) is 24.4. The highest BCUT2D eigenvalue weighted by Crippen LogP contribution is 2.27. The van der Waals surface area contributed by atoms with Crippen LogP contribution in [0.1, 0.15) is 21.5 Å². The topological polar surface area (TPSA) is 98.2 Å². The minimum Gasteiger partial charge on any atom is -0.493 e. The molecule has 0 spiro atoms. The first-order valence-corrected chi connectivity index (χ1v) is 10.7. The second-order valence-corrected chi connectivity index (χ2v) is 7.37. The Labute approximate surface area is 202 Å². The van der Waals surface area contributed by atoms with Crippen molar-refractivity contribution < 1.29 is 23.8 Å². The third-order valence-electron chi connectivity index (χ3n) is 4.71. The van der Waals surface area contributed by atoms with Crippen LogP contribution in [0, 0.1) is 0 Å². The zero-order valence-corrected chi connectivity index (χ0v) is 19.5. The summed E-state index contributed by atoms with van der Waals surface area (Å²) in [6, 6.07) is 19.4. The molecule has 0 saturated carbocycles. The number of hydrogen-bond donors (Lipinski definition) is 2. The number of hydrazone groups is 1. The zero-order chi connectivity index (χ0) is 24.3. The summed E-state index contributed by atoms with van der Waals surface area (Å²) in [6.07, 6.45) is 1.47. The monoisotopic (exact) mass is 481 g/mol. The first kappa shape index (κ1) is 24.6. The Kier molecular flexibility index (Phi) is 8.88. The summed E-state index contributed by atoms with van der Waals surface area (Å²) in [5.41, 5.74) is 4.24. The van der Waals surface area contributed by atoms with Crippen molar-refractivity contribution in [3.63, 3.8) is 0 Å². The molecule has 3 aromatic rings. The first-order valence-electron chi connectivity index (χ1n) is 10.3. The van der Waals surface area contributed by atoms with E-state index >= 15 is 0 Å². The predicted molar refractivity (Wildman–Crippen MR) is 130 cm³/mol. The van der Waals surface area contributed by atoms with Gasteiger partial charge in [-0.3, -0.25) is 9.59 Å².